The Kier molecular flexibility index (Phi) is 7.26. The third kappa shape index (κ3) is 5.45. The first-order valence-electron chi connectivity index (χ1n) is 14.5. The number of hydrogen-bond acceptors (Lipinski definition) is 5. The lowest BCUT2D eigenvalue weighted by molar-refractivity contribution is 0.620. The van der Waals surface area contributed by atoms with Crippen molar-refractivity contribution in [1.82, 2.24) is 4.98 Å². The van der Waals surface area contributed by atoms with Crippen LogP contribution in [0.3, 0.4) is 0 Å². The van der Waals surface area contributed by atoms with Gasteiger partial charge in [0.05, 0.1) is 24.3 Å². The van der Waals surface area contributed by atoms with Gasteiger partial charge < -0.3 is 9.32 Å². The van der Waals surface area contributed by atoms with E-state index in [0.29, 0.717) is 22.7 Å². The first kappa shape index (κ1) is 27.9. The van der Waals surface area contributed by atoms with Gasteiger partial charge in [-0.05, 0) is 113 Å². The van der Waals surface area contributed by atoms with Gasteiger partial charge in [-0.1, -0.05) is 48.5 Å². The number of aromatic nitrogens is 1. The lowest BCUT2D eigenvalue weighted by Gasteiger charge is -2.26. The monoisotopic (exact) mass is 589 g/mol. The molecule has 6 nitrogen and oxygen atoms in total. The maximum absolute atomic E-state index is 9.46. The zero-order valence-corrected chi connectivity index (χ0v) is 24.4. The Hall–Kier alpha value is -6.94. The van der Waals surface area contributed by atoms with E-state index in [2.05, 4.69) is 51.1 Å². The Morgan fingerprint density at radius 2 is 1.09 bits per heavy atom. The fourth-order valence-corrected chi connectivity index (χ4v) is 5.45. The van der Waals surface area contributed by atoms with E-state index in [1.165, 1.54) is 0 Å². The first-order chi connectivity index (χ1) is 22.6. The zero-order chi connectivity index (χ0) is 31.5. The van der Waals surface area contributed by atoms with Crippen molar-refractivity contribution in [2.75, 3.05) is 4.90 Å². The summed E-state index contributed by atoms with van der Waals surface area (Å²) in [6, 6.07) is 49.3. The molecule has 7 rings (SSSR count). The van der Waals surface area contributed by atoms with Gasteiger partial charge in [-0.2, -0.15) is 10.5 Å². The molecule has 6 heteroatoms. The molecular formula is C40H23N5O. The molecule has 0 amide bonds. The molecule has 6 aromatic carbocycles. The second-order valence-electron chi connectivity index (χ2n) is 10.6. The van der Waals surface area contributed by atoms with Crippen LogP contribution in [0.5, 0.6) is 0 Å². The van der Waals surface area contributed by atoms with Crippen LogP contribution in [0.25, 0.3) is 49.7 Å². The summed E-state index contributed by atoms with van der Waals surface area (Å²) in [4.78, 5) is 10.3. The van der Waals surface area contributed by atoms with E-state index in [1.807, 2.05) is 97.1 Å². The van der Waals surface area contributed by atoms with Crippen molar-refractivity contribution in [2.45, 2.75) is 0 Å². The summed E-state index contributed by atoms with van der Waals surface area (Å²) in [6.45, 7) is 7.43. The van der Waals surface area contributed by atoms with Gasteiger partial charge in [0.2, 0.25) is 5.89 Å². The maximum atomic E-state index is 9.46. The molecule has 0 fully saturated rings. The number of hydrogen-bond donors (Lipinski definition) is 0. The van der Waals surface area contributed by atoms with E-state index in [0.717, 1.165) is 56.0 Å². The summed E-state index contributed by atoms with van der Waals surface area (Å²) in [7, 11) is 0. The van der Waals surface area contributed by atoms with Crippen LogP contribution in [-0.2, 0) is 0 Å². The highest BCUT2D eigenvalue weighted by Crippen LogP contribution is 2.38. The molecule has 0 radical (unpaired) electrons. The third-order valence-electron chi connectivity index (χ3n) is 7.77. The molecule has 0 bridgehead atoms. The van der Waals surface area contributed by atoms with Crippen molar-refractivity contribution in [1.29, 1.82) is 10.5 Å². The molecule has 0 aliphatic heterocycles. The average Bonchev–Trinajstić information content (AvgIpc) is 3.57. The maximum Gasteiger partial charge on any atom is 0.227 e. The SMILES string of the molecule is [C-]#[N+]c1cc(C#N)cc(-c2ccc(N(c3ccc(-c4ccc(C#N)cc4)cc3)c3ccc(-c4nc5ccccc5o4)cc3)cc2)c1. The van der Waals surface area contributed by atoms with Crippen molar-refractivity contribution in [3.05, 3.63) is 162 Å². The quantitative estimate of drug-likeness (QED) is 0.180. The number of oxazole rings is 1. The molecule has 0 N–H and O–H groups in total. The van der Waals surface area contributed by atoms with Crippen molar-refractivity contribution < 1.29 is 4.42 Å². The van der Waals surface area contributed by atoms with Gasteiger partial charge in [-0.15, -0.1) is 0 Å². The number of anilines is 3. The van der Waals surface area contributed by atoms with E-state index in [4.69, 9.17) is 16.3 Å². The van der Waals surface area contributed by atoms with Gasteiger partial charge in [-0.25, -0.2) is 9.83 Å². The lowest BCUT2D eigenvalue weighted by atomic mass is 10.0. The third-order valence-corrected chi connectivity index (χ3v) is 7.77. The van der Waals surface area contributed by atoms with Crippen LogP contribution in [0.1, 0.15) is 11.1 Å². The second-order valence-corrected chi connectivity index (χ2v) is 10.6. The van der Waals surface area contributed by atoms with E-state index in [1.54, 1.807) is 18.2 Å². The van der Waals surface area contributed by atoms with E-state index < -0.39 is 0 Å². The van der Waals surface area contributed by atoms with Crippen LogP contribution in [0, 0.1) is 29.2 Å². The van der Waals surface area contributed by atoms with Gasteiger partial charge in [0.15, 0.2) is 11.3 Å². The van der Waals surface area contributed by atoms with Crippen molar-refractivity contribution in [2.24, 2.45) is 0 Å². The van der Waals surface area contributed by atoms with Crippen LogP contribution in [-0.4, -0.2) is 4.98 Å². The molecule has 7 aromatic rings. The molecule has 0 unspecified atom stereocenters. The topological polar surface area (TPSA) is 81.2 Å². The number of fused-ring (bicyclic) bond motifs is 1. The molecule has 1 heterocycles. The molecule has 1 aromatic heterocycles. The standard InChI is InChI=1S/C40H23N5O/c1-43-34-23-28(26-42)22-33(24-34)31-12-18-36(19-13-31)45(35-16-10-30(11-17-35)29-8-6-27(25-41)7-9-29)37-20-14-32(15-21-37)40-44-38-4-2-3-5-39(38)46-40/h2-24H. The minimum absolute atomic E-state index is 0.432. The fourth-order valence-electron chi connectivity index (χ4n) is 5.45. The van der Waals surface area contributed by atoms with Crippen molar-refractivity contribution in [3.63, 3.8) is 0 Å². The van der Waals surface area contributed by atoms with Gasteiger partial charge in [0, 0.05) is 28.2 Å². The number of nitriles is 2. The number of nitrogens with zero attached hydrogens (tertiary/aromatic N) is 5. The zero-order valence-electron chi connectivity index (χ0n) is 24.4. The Balaban J connectivity index is 1.26. The molecule has 46 heavy (non-hydrogen) atoms. The molecule has 214 valence electrons. The summed E-state index contributed by atoms with van der Waals surface area (Å²) >= 11 is 0. The highest BCUT2D eigenvalue weighted by molar-refractivity contribution is 5.82. The number of rotatable bonds is 6. The molecule has 0 atom stereocenters. The van der Waals surface area contributed by atoms with E-state index in [9.17, 15) is 5.26 Å². The first-order valence-corrected chi connectivity index (χ1v) is 14.5. The van der Waals surface area contributed by atoms with Gasteiger partial charge in [0.25, 0.3) is 0 Å². The predicted molar refractivity (Wildman–Crippen MR) is 181 cm³/mol. The molecule has 0 aliphatic rings. The van der Waals surface area contributed by atoms with E-state index in [-0.39, 0.29) is 0 Å². The lowest BCUT2D eigenvalue weighted by Crippen LogP contribution is -2.09. The highest BCUT2D eigenvalue weighted by atomic mass is 16.3. The summed E-state index contributed by atoms with van der Waals surface area (Å²) in [6.07, 6.45) is 0. The fraction of sp³-hybridized carbons (Fsp3) is 0. The summed E-state index contributed by atoms with van der Waals surface area (Å²) in [5.74, 6) is 0.564. The summed E-state index contributed by atoms with van der Waals surface area (Å²) < 4.78 is 6.00. The second kappa shape index (κ2) is 12.0. The minimum Gasteiger partial charge on any atom is -0.436 e. The highest BCUT2D eigenvalue weighted by Gasteiger charge is 2.15. The van der Waals surface area contributed by atoms with Crippen LogP contribution in [0.15, 0.2) is 144 Å². The number of para-hydroxylation sites is 2. The average molecular weight is 590 g/mol. The van der Waals surface area contributed by atoms with Crippen molar-refractivity contribution >= 4 is 33.8 Å². The number of benzene rings is 6. The predicted octanol–water partition coefficient (Wildman–Crippen LogP) is 10.6. The van der Waals surface area contributed by atoms with Crippen LogP contribution >= 0.6 is 0 Å². The normalized spacial score (nSPS) is 10.5. The molecule has 0 saturated heterocycles. The summed E-state index contributed by atoms with van der Waals surface area (Å²) in [5.41, 5.74) is 10.6. The van der Waals surface area contributed by atoms with Crippen molar-refractivity contribution in [3.8, 4) is 45.8 Å². The van der Waals surface area contributed by atoms with E-state index >= 15 is 0 Å². The smallest absolute Gasteiger partial charge is 0.227 e. The molecule has 0 spiro atoms. The molecule has 0 saturated carbocycles. The Morgan fingerprint density at radius 3 is 1.63 bits per heavy atom. The Bertz CT molecular complexity index is 2250. The van der Waals surface area contributed by atoms with Gasteiger partial charge in [-0.3, -0.25) is 0 Å². The van der Waals surface area contributed by atoms with Crippen LogP contribution < -0.4 is 4.90 Å². The largest absolute Gasteiger partial charge is 0.436 e. The minimum atomic E-state index is 0.432. The Morgan fingerprint density at radius 1 is 0.565 bits per heavy atom. The molecule has 0 aliphatic carbocycles. The van der Waals surface area contributed by atoms with Crippen LogP contribution in [0.4, 0.5) is 22.7 Å². The Labute approximate surface area is 266 Å². The molecular weight excluding hydrogens is 566 g/mol. The van der Waals surface area contributed by atoms with Crippen LogP contribution in [0.2, 0.25) is 0 Å². The van der Waals surface area contributed by atoms with Gasteiger partial charge in [0.1, 0.15) is 5.52 Å². The summed E-state index contributed by atoms with van der Waals surface area (Å²) in [5, 5.41) is 18.6. The van der Waals surface area contributed by atoms with Gasteiger partial charge >= 0.3 is 0 Å².